The maximum Gasteiger partial charge on any atom is 0.134 e. The average molecular weight is 332 g/mol. The minimum atomic E-state index is -0.773. The third-order valence-electron chi connectivity index (χ3n) is 2.73. The summed E-state index contributed by atoms with van der Waals surface area (Å²) in [5.41, 5.74) is 0.889. The number of hydrogen-bond acceptors (Lipinski definition) is 3. The molecule has 0 aliphatic carbocycles. The SMILES string of the molecule is C[S@](=O)CCNCc1ccc(-c2ccc(Cl)c(Cl)c2)o1. The Bertz CT molecular complexity index is 613. The molecule has 0 radical (unpaired) electrons. The lowest BCUT2D eigenvalue weighted by molar-refractivity contribution is 0.499. The van der Waals surface area contributed by atoms with E-state index in [9.17, 15) is 4.21 Å². The summed E-state index contributed by atoms with van der Waals surface area (Å²) in [4.78, 5) is 0. The van der Waals surface area contributed by atoms with Crippen molar-refractivity contribution in [3.63, 3.8) is 0 Å². The predicted octanol–water partition coefficient (Wildman–Crippen LogP) is 3.72. The smallest absolute Gasteiger partial charge is 0.134 e. The Hall–Kier alpha value is -0.810. The van der Waals surface area contributed by atoms with Crippen LogP contribution in [0.4, 0.5) is 0 Å². The van der Waals surface area contributed by atoms with Crippen molar-refractivity contribution in [1.29, 1.82) is 0 Å². The second kappa shape index (κ2) is 7.27. The van der Waals surface area contributed by atoms with E-state index in [0.717, 1.165) is 17.1 Å². The number of hydrogen-bond donors (Lipinski definition) is 1. The van der Waals surface area contributed by atoms with Crippen LogP contribution in [0.5, 0.6) is 0 Å². The summed E-state index contributed by atoms with van der Waals surface area (Å²) in [7, 11) is -0.773. The maximum absolute atomic E-state index is 10.9. The summed E-state index contributed by atoms with van der Waals surface area (Å²) in [6.45, 7) is 1.31. The highest BCUT2D eigenvalue weighted by atomic mass is 35.5. The van der Waals surface area contributed by atoms with Crippen molar-refractivity contribution in [2.75, 3.05) is 18.6 Å². The van der Waals surface area contributed by atoms with Gasteiger partial charge in [-0.1, -0.05) is 23.2 Å². The summed E-state index contributed by atoms with van der Waals surface area (Å²) in [5.74, 6) is 2.22. The summed E-state index contributed by atoms with van der Waals surface area (Å²) in [6.07, 6.45) is 1.69. The van der Waals surface area contributed by atoms with Crippen LogP contribution in [0.15, 0.2) is 34.7 Å². The first kappa shape index (κ1) is 15.6. The zero-order valence-corrected chi connectivity index (χ0v) is 13.3. The zero-order chi connectivity index (χ0) is 14.5. The molecule has 2 rings (SSSR count). The fourth-order valence-corrected chi connectivity index (χ4v) is 2.43. The first-order chi connectivity index (χ1) is 9.56. The molecule has 0 unspecified atom stereocenters. The Balaban J connectivity index is 1.97. The quantitative estimate of drug-likeness (QED) is 0.820. The molecular formula is C14H15Cl2NO2S. The molecule has 0 aliphatic heterocycles. The van der Waals surface area contributed by atoms with Crippen molar-refractivity contribution in [1.82, 2.24) is 5.32 Å². The van der Waals surface area contributed by atoms with Crippen LogP contribution < -0.4 is 5.32 Å². The first-order valence-electron chi connectivity index (χ1n) is 6.11. The Morgan fingerprint density at radius 2 is 2.00 bits per heavy atom. The molecule has 108 valence electrons. The van der Waals surface area contributed by atoms with Gasteiger partial charge in [0, 0.05) is 34.9 Å². The van der Waals surface area contributed by atoms with Crippen LogP contribution in [-0.4, -0.2) is 22.8 Å². The van der Waals surface area contributed by atoms with E-state index in [1.165, 1.54) is 0 Å². The van der Waals surface area contributed by atoms with Crippen LogP contribution in [0.25, 0.3) is 11.3 Å². The highest BCUT2D eigenvalue weighted by molar-refractivity contribution is 7.84. The molecule has 3 nitrogen and oxygen atoms in total. The molecule has 1 aromatic carbocycles. The molecule has 0 bridgehead atoms. The first-order valence-corrected chi connectivity index (χ1v) is 8.59. The molecule has 0 spiro atoms. The van der Waals surface area contributed by atoms with Gasteiger partial charge < -0.3 is 9.73 Å². The molecular weight excluding hydrogens is 317 g/mol. The van der Waals surface area contributed by atoms with E-state index in [1.807, 2.05) is 18.2 Å². The van der Waals surface area contributed by atoms with Crippen LogP contribution in [0.1, 0.15) is 5.76 Å². The summed E-state index contributed by atoms with van der Waals surface area (Å²) in [5, 5.41) is 4.21. The lowest BCUT2D eigenvalue weighted by atomic mass is 10.2. The normalized spacial score (nSPS) is 12.6. The third kappa shape index (κ3) is 4.35. The maximum atomic E-state index is 10.9. The predicted molar refractivity (Wildman–Crippen MR) is 84.8 cm³/mol. The average Bonchev–Trinajstić information content (AvgIpc) is 2.86. The standard InChI is InChI=1S/C14H15Cl2NO2S/c1-20(18)7-6-17-9-11-3-5-14(19-11)10-2-4-12(15)13(16)8-10/h2-5,8,17H,6-7,9H2,1H3/t20-/m0/s1. The largest absolute Gasteiger partial charge is 0.460 e. The number of furan rings is 1. The molecule has 1 heterocycles. The van der Waals surface area contributed by atoms with E-state index in [4.69, 9.17) is 27.6 Å². The molecule has 1 N–H and O–H groups in total. The second-order valence-corrected chi connectivity index (χ2v) is 6.72. The van der Waals surface area contributed by atoms with Gasteiger partial charge in [0.1, 0.15) is 11.5 Å². The van der Waals surface area contributed by atoms with Crippen molar-refractivity contribution in [2.45, 2.75) is 6.54 Å². The monoisotopic (exact) mass is 331 g/mol. The van der Waals surface area contributed by atoms with Gasteiger partial charge in [-0.05, 0) is 30.3 Å². The Labute approximate surface area is 130 Å². The van der Waals surface area contributed by atoms with Crippen molar-refractivity contribution >= 4 is 34.0 Å². The van der Waals surface area contributed by atoms with E-state index in [-0.39, 0.29) is 0 Å². The van der Waals surface area contributed by atoms with E-state index in [0.29, 0.717) is 28.9 Å². The Kier molecular flexibility index (Phi) is 5.66. The van der Waals surface area contributed by atoms with Crippen LogP contribution in [-0.2, 0) is 17.3 Å². The molecule has 0 aliphatic rings. The van der Waals surface area contributed by atoms with Crippen molar-refractivity contribution < 1.29 is 8.63 Å². The molecule has 2 aromatic rings. The molecule has 1 aromatic heterocycles. The van der Waals surface area contributed by atoms with E-state index < -0.39 is 10.8 Å². The number of halogens is 2. The van der Waals surface area contributed by atoms with Gasteiger partial charge in [-0.2, -0.15) is 0 Å². The van der Waals surface area contributed by atoms with Gasteiger partial charge in [-0.25, -0.2) is 0 Å². The van der Waals surface area contributed by atoms with E-state index in [2.05, 4.69) is 5.32 Å². The van der Waals surface area contributed by atoms with Crippen molar-refractivity contribution in [3.05, 3.63) is 46.1 Å². The molecule has 1 atom stereocenters. The molecule has 0 fully saturated rings. The Morgan fingerprint density at radius 1 is 1.20 bits per heavy atom. The van der Waals surface area contributed by atoms with Crippen LogP contribution in [0.3, 0.4) is 0 Å². The summed E-state index contributed by atoms with van der Waals surface area (Å²) >= 11 is 11.9. The van der Waals surface area contributed by atoms with Crippen LogP contribution in [0.2, 0.25) is 10.0 Å². The van der Waals surface area contributed by atoms with Gasteiger partial charge in [0.2, 0.25) is 0 Å². The van der Waals surface area contributed by atoms with Crippen LogP contribution >= 0.6 is 23.2 Å². The van der Waals surface area contributed by atoms with Crippen molar-refractivity contribution in [2.24, 2.45) is 0 Å². The van der Waals surface area contributed by atoms with E-state index in [1.54, 1.807) is 18.4 Å². The van der Waals surface area contributed by atoms with Gasteiger partial charge >= 0.3 is 0 Å². The third-order valence-corrected chi connectivity index (χ3v) is 4.25. The lowest BCUT2D eigenvalue weighted by Crippen LogP contribution is -2.19. The van der Waals surface area contributed by atoms with Gasteiger partial charge in [-0.15, -0.1) is 0 Å². The fourth-order valence-electron chi connectivity index (χ4n) is 1.70. The lowest BCUT2D eigenvalue weighted by Gasteiger charge is -2.02. The molecule has 0 saturated carbocycles. The molecule has 20 heavy (non-hydrogen) atoms. The van der Waals surface area contributed by atoms with Crippen molar-refractivity contribution in [3.8, 4) is 11.3 Å². The van der Waals surface area contributed by atoms with Crippen LogP contribution in [0, 0.1) is 0 Å². The number of rotatable bonds is 6. The zero-order valence-electron chi connectivity index (χ0n) is 11.0. The van der Waals surface area contributed by atoms with Gasteiger partial charge in [-0.3, -0.25) is 4.21 Å². The van der Waals surface area contributed by atoms with Gasteiger partial charge in [0.15, 0.2) is 0 Å². The highest BCUT2D eigenvalue weighted by Gasteiger charge is 2.07. The number of nitrogens with one attached hydrogen (secondary N) is 1. The summed E-state index contributed by atoms with van der Waals surface area (Å²) in [6, 6.07) is 9.20. The summed E-state index contributed by atoms with van der Waals surface area (Å²) < 4.78 is 16.7. The number of benzene rings is 1. The topological polar surface area (TPSA) is 42.2 Å². The minimum Gasteiger partial charge on any atom is -0.460 e. The van der Waals surface area contributed by atoms with Gasteiger partial charge in [0.05, 0.1) is 16.6 Å². The van der Waals surface area contributed by atoms with E-state index >= 15 is 0 Å². The fraction of sp³-hybridized carbons (Fsp3) is 0.286. The Morgan fingerprint density at radius 3 is 2.70 bits per heavy atom. The minimum absolute atomic E-state index is 0.505. The molecule has 6 heteroatoms. The highest BCUT2D eigenvalue weighted by Crippen LogP contribution is 2.29. The molecule has 0 amide bonds. The second-order valence-electron chi connectivity index (χ2n) is 4.35. The van der Waals surface area contributed by atoms with Gasteiger partial charge in [0.25, 0.3) is 0 Å². The molecule has 0 saturated heterocycles.